The Morgan fingerprint density at radius 3 is 2.43 bits per heavy atom. The number of likely N-dealkylation sites (tertiary alicyclic amines) is 1. The maximum atomic E-state index is 14.4. The molecule has 2 aliphatic rings. The van der Waals surface area contributed by atoms with Crippen molar-refractivity contribution in [1.29, 1.82) is 0 Å². The fraction of sp³-hybridized carbons (Fsp3) is 0.520. The number of alkyl halides is 2. The molecule has 2 nitrogen and oxygen atoms in total. The van der Waals surface area contributed by atoms with E-state index in [4.69, 9.17) is 0 Å². The number of nitrogens with zero attached hydrogens (tertiary/aromatic N) is 1. The van der Waals surface area contributed by atoms with E-state index in [9.17, 15) is 13.2 Å². The van der Waals surface area contributed by atoms with Crippen molar-refractivity contribution in [1.82, 2.24) is 10.2 Å². The van der Waals surface area contributed by atoms with Gasteiger partial charge >= 0.3 is 0 Å². The van der Waals surface area contributed by atoms with Crippen molar-refractivity contribution < 1.29 is 13.2 Å². The van der Waals surface area contributed by atoms with Crippen LogP contribution in [0.4, 0.5) is 13.2 Å². The third kappa shape index (κ3) is 4.73. The first kappa shape index (κ1) is 21.4. The highest BCUT2D eigenvalue weighted by atomic mass is 19.3. The highest BCUT2D eigenvalue weighted by molar-refractivity contribution is 5.28. The zero-order valence-electron chi connectivity index (χ0n) is 17.6. The lowest BCUT2D eigenvalue weighted by molar-refractivity contribution is -0.105. The van der Waals surface area contributed by atoms with Crippen molar-refractivity contribution in [3.05, 3.63) is 71.0 Å². The zero-order chi connectivity index (χ0) is 21.2. The topological polar surface area (TPSA) is 15.3 Å². The Balaban J connectivity index is 1.44. The van der Waals surface area contributed by atoms with Crippen molar-refractivity contribution in [3.63, 3.8) is 0 Å². The standard InChI is InChI=1S/C25H31F3N2/c1-30-14-11-22(25(27,28)18-30)16-19-5-4-6-20(15-19)17-29-24(12-2-3-13-24)21-7-9-23(26)10-8-21/h4-10,15,22,29H,2-3,11-14,16-18H2,1H3. The van der Waals surface area contributed by atoms with Gasteiger partial charge < -0.3 is 10.2 Å². The van der Waals surface area contributed by atoms with E-state index in [2.05, 4.69) is 17.4 Å². The van der Waals surface area contributed by atoms with Crippen LogP contribution in [0.25, 0.3) is 0 Å². The highest BCUT2D eigenvalue weighted by Crippen LogP contribution is 2.39. The van der Waals surface area contributed by atoms with Gasteiger partial charge in [0.1, 0.15) is 5.82 Å². The molecule has 0 spiro atoms. The van der Waals surface area contributed by atoms with Crippen LogP contribution in [0, 0.1) is 11.7 Å². The molecule has 1 saturated carbocycles. The molecule has 0 amide bonds. The van der Waals surface area contributed by atoms with E-state index in [-0.39, 0.29) is 17.9 Å². The minimum atomic E-state index is -2.64. The Morgan fingerprint density at radius 2 is 1.73 bits per heavy atom. The first-order valence-electron chi connectivity index (χ1n) is 11.0. The zero-order valence-corrected chi connectivity index (χ0v) is 17.6. The molecule has 0 aromatic heterocycles. The van der Waals surface area contributed by atoms with Crippen LogP contribution >= 0.6 is 0 Å². The van der Waals surface area contributed by atoms with Gasteiger partial charge in [-0.25, -0.2) is 13.2 Å². The third-order valence-electron chi connectivity index (χ3n) is 6.90. The molecule has 2 aromatic carbocycles. The van der Waals surface area contributed by atoms with Gasteiger partial charge in [0.15, 0.2) is 0 Å². The summed E-state index contributed by atoms with van der Waals surface area (Å²) < 4.78 is 42.3. The minimum absolute atomic E-state index is 0.134. The van der Waals surface area contributed by atoms with Crippen LogP contribution in [-0.4, -0.2) is 31.0 Å². The van der Waals surface area contributed by atoms with Crippen molar-refractivity contribution in [2.75, 3.05) is 20.1 Å². The fourth-order valence-corrected chi connectivity index (χ4v) is 5.14. The number of rotatable bonds is 6. The summed E-state index contributed by atoms with van der Waals surface area (Å²) in [5, 5.41) is 3.72. The van der Waals surface area contributed by atoms with Crippen LogP contribution in [0.1, 0.15) is 48.8 Å². The molecule has 1 aliphatic carbocycles. The lowest BCUT2D eigenvalue weighted by atomic mass is 9.86. The van der Waals surface area contributed by atoms with Gasteiger partial charge in [-0.2, -0.15) is 0 Å². The first-order chi connectivity index (χ1) is 14.4. The van der Waals surface area contributed by atoms with Gasteiger partial charge in [0.05, 0.1) is 6.54 Å². The van der Waals surface area contributed by atoms with E-state index >= 15 is 0 Å². The molecule has 162 valence electrons. The molecule has 1 saturated heterocycles. The molecule has 1 heterocycles. The molecule has 5 heteroatoms. The summed E-state index contributed by atoms with van der Waals surface area (Å²) in [6, 6.07) is 14.9. The normalized spacial score (nSPS) is 23.5. The number of hydrogen-bond acceptors (Lipinski definition) is 2. The monoisotopic (exact) mass is 416 g/mol. The Morgan fingerprint density at radius 1 is 1.03 bits per heavy atom. The number of benzene rings is 2. The second-order valence-corrected chi connectivity index (χ2v) is 9.16. The summed E-state index contributed by atoms with van der Waals surface area (Å²) in [5.74, 6) is -3.46. The summed E-state index contributed by atoms with van der Waals surface area (Å²) in [7, 11) is 1.76. The molecule has 2 fully saturated rings. The van der Waals surface area contributed by atoms with Gasteiger partial charge in [0.25, 0.3) is 5.92 Å². The second kappa shape index (κ2) is 8.72. The molecule has 1 unspecified atom stereocenters. The molecular formula is C25H31F3N2. The Labute approximate surface area is 177 Å². The van der Waals surface area contributed by atoms with Crippen LogP contribution in [0.3, 0.4) is 0 Å². The van der Waals surface area contributed by atoms with Gasteiger partial charge in [-0.15, -0.1) is 0 Å². The van der Waals surface area contributed by atoms with Gasteiger partial charge in [-0.1, -0.05) is 49.2 Å². The van der Waals surface area contributed by atoms with Gasteiger partial charge in [0.2, 0.25) is 0 Å². The second-order valence-electron chi connectivity index (χ2n) is 9.16. The van der Waals surface area contributed by atoms with E-state index in [1.165, 1.54) is 12.1 Å². The molecule has 30 heavy (non-hydrogen) atoms. The number of halogens is 3. The molecule has 1 N–H and O–H groups in total. The van der Waals surface area contributed by atoms with E-state index in [0.29, 0.717) is 19.4 Å². The van der Waals surface area contributed by atoms with Crippen molar-refractivity contribution in [2.24, 2.45) is 5.92 Å². The largest absolute Gasteiger partial charge is 0.303 e. The van der Waals surface area contributed by atoms with Crippen molar-refractivity contribution >= 4 is 0 Å². The third-order valence-corrected chi connectivity index (χ3v) is 6.90. The fourth-order valence-electron chi connectivity index (χ4n) is 5.14. The number of nitrogens with one attached hydrogen (secondary N) is 1. The molecule has 4 rings (SSSR count). The SMILES string of the molecule is CN1CCC(Cc2cccc(CNC3(c4ccc(F)cc4)CCCC3)c2)C(F)(F)C1. The number of hydrogen-bond donors (Lipinski definition) is 1. The van der Waals surface area contributed by atoms with E-state index in [0.717, 1.165) is 48.9 Å². The lowest BCUT2D eigenvalue weighted by Gasteiger charge is -2.36. The van der Waals surface area contributed by atoms with Crippen LogP contribution < -0.4 is 5.32 Å². The van der Waals surface area contributed by atoms with Crippen LogP contribution in [0.15, 0.2) is 48.5 Å². The van der Waals surface area contributed by atoms with Gasteiger partial charge in [0, 0.05) is 18.0 Å². The average molecular weight is 417 g/mol. The Hall–Kier alpha value is -1.85. The van der Waals surface area contributed by atoms with Crippen LogP contribution in [-0.2, 0) is 18.5 Å². The van der Waals surface area contributed by atoms with Gasteiger partial charge in [-0.3, -0.25) is 0 Å². The molecular weight excluding hydrogens is 385 g/mol. The van der Waals surface area contributed by atoms with Crippen LogP contribution in [0.2, 0.25) is 0 Å². The van der Waals surface area contributed by atoms with E-state index < -0.39 is 11.8 Å². The van der Waals surface area contributed by atoms with E-state index in [1.807, 2.05) is 24.3 Å². The van der Waals surface area contributed by atoms with Crippen molar-refractivity contribution in [2.45, 2.75) is 56.5 Å². The molecule has 0 bridgehead atoms. The maximum absolute atomic E-state index is 14.4. The van der Waals surface area contributed by atoms with Gasteiger partial charge in [-0.05, 0) is 68.1 Å². The highest BCUT2D eigenvalue weighted by Gasteiger charge is 2.43. The summed E-state index contributed by atoms with van der Waals surface area (Å²) in [5.41, 5.74) is 3.08. The predicted octanol–water partition coefficient (Wildman–Crippen LogP) is 5.51. The maximum Gasteiger partial charge on any atom is 0.263 e. The lowest BCUT2D eigenvalue weighted by Crippen LogP contribution is -2.47. The Bertz CT molecular complexity index is 844. The predicted molar refractivity (Wildman–Crippen MR) is 114 cm³/mol. The van der Waals surface area contributed by atoms with E-state index in [1.54, 1.807) is 11.9 Å². The van der Waals surface area contributed by atoms with Crippen LogP contribution in [0.5, 0.6) is 0 Å². The molecule has 1 aliphatic heterocycles. The first-order valence-corrected chi connectivity index (χ1v) is 11.0. The summed E-state index contributed by atoms with van der Waals surface area (Å²) in [6.45, 7) is 1.25. The molecule has 0 radical (unpaired) electrons. The summed E-state index contributed by atoms with van der Waals surface area (Å²) in [6.07, 6.45) is 5.29. The molecule has 2 aromatic rings. The molecule has 1 atom stereocenters. The number of piperidine rings is 1. The smallest absolute Gasteiger partial charge is 0.263 e. The van der Waals surface area contributed by atoms with Crippen molar-refractivity contribution in [3.8, 4) is 0 Å². The average Bonchev–Trinajstić information content (AvgIpc) is 3.19. The minimum Gasteiger partial charge on any atom is -0.303 e. The Kier molecular flexibility index (Phi) is 6.21. The quantitative estimate of drug-likeness (QED) is 0.668. The summed E-state index contributed by atoms with van der Waals surface area (Å²) >= 11 is 0. The summed E-state index contributed by atoms with van der Waals surface area (Å²) in [4.78, 5) is 1.72.